The number of fused-ring (bicyclic) bond motifs is 2. The molecule has 0 radical (unpaired) electrons. The second-order valence-electron chi connectivity index (χ2n) is 11.2. The second kappa shape index (κ2) is 9.39. The molecule has 1 aromatic carbocycles. The first-order valence-corrected chi connectivity index (χ1v) is 12.7. The van der Waals surface area contributed by atoms with E-state index >= 15 is 0 Å². The van der Waals surface area contributed by atoms with Gasteiger partial charge in [0.1, 0.15) is 5.39 Å². The molecule has 1 aliphatic rings. The van der Waals surface area contributed by atoms with Crippen LogP contribution < -0.4 is 10.9 Å². The first kappa shape index (κ1) is 25.1. The average Bonchev–Trinajstić information content (AvgIpc) is 3.15. The van der Waals surface area contributed by atoms with Crippen molar-refractivity contribution in [1.82, 2.24) is 29.2 Å². The van der Waals surface area contributed by atoms with Crippen LogP contribution in [0.5, 0.6) is 0 Å². The van der Waals surface area contributed by atoms with Gasteiger partial charge in [0.15, 0.2) is 5.65 Å². The molecule has 1 atom stereocenters. The molecule has 37 heavy (non-hydrogen) atoms. The van der Waals surface area contributed by atoms with Gasteiger partial charge in [0.25, 0.3) is 5.56 Å². The molecule has 0 saturated heterocycles. The van der Waals surface area contributed by atoms with Gasteiger partial charge in [-0.2, -0.15) is 4.98 Å². The Kier molecular flexibility index (Phi) is 6.37. The maximum atomic E-state index is 13.4. The van der Waals surface area contributed by atoms with Gasteiger partial charge in [0.05, 0.1) is 12.3 Å². The van der Waals surface area contributed by atoms with Gasteiger partial charge in [-0.3, -0.25) is 14.7 Å². The fourth-order valence-electron chi connectivity index (χ4n) is 4.92. The lowest BCUT2D eigenvalue weighted by molar-refractivity contribution is 0.131. The minimum absolute atomic E-state index is 0.0809. The maximum absolute atomic E-state index is 13.4. The molecule has 5 rings (SSSR count). The Labute approximate surface area is 216 Å². The zero-order valence-electron chi connectivity index (χ0n) is 22.4. The molecule has 9 heteroatoms. The molecular formula is C28H35N7O2. The highest BCUT2D eigenvalue weighted by molar-refractivity contribution is 5.77. The fourth-order valence-corrected chi connectivity index (χ4v) is 4.92. The van der Waals surface area contributed by atoms with Crippen molar-refractivity contribution in [1.29, 1.82) is 0 Å². The summed E-state index contributed by atoms with van der Waals surface area (Å²) < 4.78 is 3.59. The molecule has 1 unspecified atom stereocenters. The summed E-state index contributed by atoms with van der Waals surface area (Å²) in [4.78, 5) is 29.4. The topological polar surface area (TPSA) is 101 Å². The van der Waals surface area contributed by atoms with Crippen molar-refractivity contribution in [2.24, 2.45) is 0 Å². The van der Waals surface area contributed by atoms with Crippen molar-refractivity contribution in [3.05, 3.63) is 69.9 Å². The normalized spacial score (nSPS) is 16.4. The second-order valence-corrected chi connectivity index (χ2v) is 11.2. The van der Waals surface area contributed by atoms with Crippen molar-refractivity contribution < 1.29 is 5.11 Å². The molecule has 0 fully saturated rings. The Morgan fingerprint density at radius 2 is 1.92 bits per heavy atom. The summed E-state index contributed by atoms with van der Waals surface area (Å²) in [6.07, 6.45) is 4.16. The van der Waals surface area contributed by atoms with Crippen LogP contribution in [-0.2, 0) is 18.4 Å². The molecule has 3 aromatic heterocycles. The lowest BCUT2D eigenvalue weighted by Crippen LogP contribution is -2.39. The summed E-state index contributed by atoms with van der Waals surface area (Å²) in [5.41, 5.74) is 5.37. The quantitative estimate of drug-likeness (QED) is 0.427. The summed E-state index contributed by atoms with van der Waals surface area (Å²) in [7, 11) is 2.04. The molecule has 0 amide bonds. The summed E-state index contributed by atoms with van der Waals surface area (Å²) in [5.74, 6) is 0.416. The van der Waals surface area contributed by atoms with Gasteiger partial charge in [0.2, 0.25) is 5.95 Å². The molecule has 9 nitrogen and oxygen atoms in total. The third-order valence-electron chi connectivity index (χ3n) is 7.04. The molecule has 1 aliphatic heterocycles. The SMILES string of the molecule is CC(C)n1c(=O)c2cnc(Nc3ccc4c(c3)CC(CO)N(C)C4)nc2n1-c1ccnc(C(C)(C)C)c1. The molecular weight excluding hydrogens is 466 g/mol. The van der Waals surface area contributed by atoms with E-state index in [-0.39, 0.29) is 29.7 Å². The molecule has 4 heterocycles. The van der Waals surface area contributed by atoms with Crippen LogP contribution in [0.15, 0.2) is 47.5 Å². The molecule has 0 aliphatic carbocycles. The summed E-state index contributed by atoms with van der Waals surface area (Å²) >= 11 is 0. The van der Waals surface area contributed by atoms with Crippen LogP contribution in [0.4, 0.5) is 11.6 Å². The van der Waals surface area contributed by atoms with Crippen LogP contribution in [0, 0.1) is 0 Å². The van der Waals surface area contributed by atoms with E-state index < -0.39 is 0 Å². The number of nitrogens with one attached hydrogen (secondary N) is 1. The van der Waals surface area contributed by atoms with Crippen molar-refractivity contribution in [3.63, 3.8) is 0 Å². The first-order chi connectivity index (χ1) is 17.6. The van der Waals surface area contributed by atoms with Crippen LogP contribution in [-0.4, -0.2) is 54.0 Å². The van der Waals surface area contributed by atoms with E-state index in [1.54, 1.807) is 17.1 Å². The van der Waals surface area contributed by atoms with Crippen LogP contribution in [0.3, 0.4) is 0 Å². The van der Waals surface area contributed by atoms with Crippen LogP contribution in [0.2, 0.25) is 0 Å². The number of anilines is 2. The van der Waals surface area contributed by atoms with Gasteiger partial charge in [-0.25, -0.2) is 14.3 Å². The standard InChI is InChI=1S/C28H35N7O2/c1-17(2)34-26(37)23-14-30-27(31-20-8-7-18-15-33(6)22(16-36)12-19(18)11-20)32-25(23)35(34)21-9-10-29-24(13-21)28(3,4)5/h7-11,13-14,17,22,36H,12,15-16H2,1-6H3,(H,30,31,32). The molecule has 0 bridgehead atoms. The maximum Gasteiger partial charge on any atom is 0.278 e. The van der Waals surface area contributed by atoms with Gasteiger partial charge in [-0.1, -0.05) is 26.8 Å². The number of hydrogen-bond donors (Lipinski definition) is 2. The number of pyridine rings is 1. The van der Waals surface area contributed by atoms with E-state index in [9.17, 15) is 9.90 Å². The first-order valence-electron chi connectivity index (χ1n) is 12.7. The number of nitrogens with zero attached hydrogens (tertiary/aromatic N) is 6. The Balaban J connectivity index is 1.58. The third kappa shape index (κ3) is 4.65. The van der Waals surface area contributed by atoms with Gasteiger partial charge in [-0.05, 0) is 62.7 Å². The van der Waals surface area contributed by atoms with E-state index in [1.807, 2.05) is 43.8 Å². The van der Waals surface area contributed by atoms with Crippen LogP contribution in [0.1, 0.15) is 57.5 Å². The predicted molar refractivity (Wildman–Crippen MR) is 146 cm³/mol. The van der Waals surface area contributed by atoms with E-state index in [2.05, 4.69) is 53.1 Å². The lowest BCUT2D eigenvalue weighted by Gasteiger charge is -2.33. The lowest BCUT2D eigenvalue weighted by atomic mass is 9.91. The van der Waals surface area contributed by atoms with Gasteiger partial charge in [-0.15, -0.1) is 0 Å². The Hall–Kier alpha value is -3.56. The van der Waals surface area contributed by atoms with Crippen molar-refractivity contribution in [2.75, 3.05) is 19.0 Å². The summed E-state index contributed by atoms with van der Waals surface area (Å²) in [6, 6.07) is 10.2. The van der Waals surface area contributed by atoms with Crippen molar-refractivity contribution in [2.45, 2.75) is 65.1 Å². The number of benzene rings is 1. The highest BCUT2D eigenvalue weighted by Gasteiger charge is 2.24. The Morgan fingerprint density at radius 3 is 2.62 bits per heavy atom. The highest BCUT2D eigenvalue weighted by Crippen LogP contribution is 2.28. The zero-order chi connectivity index (χ0) is 26.5. The van der Waals surface area contributed by atoms with Crippen molar-refractivity contribution in [3.8, 4) is 5.69 Å². The molecule has 194 valence electrons. The number of hydrogen-bond acceptors (Lipinski definition) is 7. The van der Waals surface area contributed by atoms with E-state index in [0.717, 1.165) is 30.0 Å². The average molecular weight is 502 g/mol. The minimum Gasteiger partial charge on any atom is -0.395 e. The zero-order valence-corrected chi connectivity index (χ0v) is 22.4. The van der Waals surface area contributed by atoms with E-state index in [0.29, 0.717) is 17.0 Å². The predicted octanol–water partition coefficient (Wildman–Crippen LogP) is 3.95. The molecule has 0 spiro atoms. The number of aliphatic hydroxyl groups is 1. The number of rotatable bonds is 5. The van der Waals surface area contributed by atoms with Crippen LogP contribution >= 0.6 is 0 Å². The highest BCUT2D eigenvalue weighted by atomic mass is 16.3. The van der Waals surface area contributed by atoms with Crippen LogP contribution in [0.25, 0.3) is 16.7 Å². The molecule has 4 aromatic rings. The van der Waals surface area contributed by atoms with Gasteiger partial charge >= 0.3 is 0 Å². The largest absolute Gasteiger partial charge is 0.395 e. The Morgan fingerprint density at radius 1 is 1.14 bits per heavy atom. The summed E-state index contributed by atoms with van der Waals surface area (Å²) in [6.45, 7) is 11.3. The third-order valence-corrected chi connectivity index (χ3v) is 7.04. The molecule has 0 saturated carbocycles. The Bertz CT molecular complexity index is 1510. The monoisotopic (exact) mass is 501 g/mol. The molecule has 2 N–H and O–H groups in total. The minimum atomic E-state index is -0.139. The van der Waals surface area contributed by atoms with E-state index in [1.165, 1.54) is 11.1 Å². The number of aliphatic hydroxyl groups excluding tert-OH is 1. The summed E-state index contributed by atoms with van der Waals surface area (Å²) in [5, 5.41) is 13.5. The van der Waals surface area contributed by atoms with Gasteiger partial charge in [0, 0.05) is 47.8 Å². The number of likely N-dealkylation sites (N-methyl/N-ethyl adjacent to an activating group) is 1. The van der Waals surface area contributed by atoms with E-state index in [4.69, 9.17) is 4.98 Å². The van der Waals surface area contributed by atoms with Gasteiger partial charge < -0.3 is 10.4 Å². The fraction of sp³-hybridized carbons (Fsp3) is 0.429. The smallest absolute Gasteiger partial charge is 0.278 e. The van der Waals surface area contributed by atoms with Crippen molar-refractivity contribution >= 4 is 22.7 Å². The number of aromatic nitrogens is 5.